The van der Waals surface area contributed by atoms with Crippen LogP contribution in [0.4, 0.5) is 0 Å². The highest BCUT2D eigenvalue weighted by Gasteiger charge is 2.33. The zero-order valence-electron chi connectivity index (χ0n) is 12.1. The highest BCUT2D eigenvalue weighted by Crippen LogP contribution is 2.30. The number of likely N-dealkylation sites (N-methyl/N-ethyl adjacent to an activating group) is 1. The van der Waals surface area contributed by atoms with Gasteiger partial charge >= 0.3 is 0 Å². The second-order valence-corrected chi connectivity index (χ2v) is 5.90. The molecule has 0 saturated heterocycles. The smallest absolute Gasteiger partial charge is 0.224 e. The van der Waals surface area contributed by atoms with E-state index in [1.807, 2.05) is 30.3 Å². The van der Waals surface area contributed by atoms with Gasteiger partial charge < -0.3 is 15.7 Å². The van der Waals surface area contributed by atoms with Crippen molar-refractivity contribution >= 4 is 5.91 Å². The SMILES string of the molecule is CN(CC1(O)CCCC1)C(=O)CC(N)c1ccccc1. The third-order valence-electron chi connectivity index (χ3n) is 4.11. The van der Waals surface area contributed by atoms with E-state index < -0.39 is 5.60 Å². The van der Waals surface area contributed by atoms with Gasteiger partial charge in [0, 0.05) is 26.1 Å². The number of rotatable bonds is 5. The number of nitrogens with zero attached hydrogens (tertiary/aromatic N) is 1. The monoisotopic (exact) mass is 276 g/mol. The van der Waals surface area contributed by atoms with Crippen molar-refractivity contribution < 1.29 is 9.90 Å². The van der Waals surface area contributed by atoms with Gasteiger partial charge in [0.25, 0.3) is 0 Å². The number of benzene rings is 1. The summed E-state index contributed by atoms with van der Waals surface area (Å²) in [4.78, 5) is 13.8. The normalized spacial score (nSPS) is 18.8. The van der Waals surface area contributed by atoms with Crippen molar-refractivity contribution in [2.75, 3.05) is 13.6 Å². The summed E-state index contributed by atoms with van der Waals surface area (Å²) in [5.74, 6) is -0.0123. The fraction of sp³-hybridized carbons (Fsp3) is 0.562. The summed E-state index contributed by atoms with van der Waals surface area (Å²) in [6.45, 7) is 0.410. The minimum absolute atomic E-state index is 0.0123. The molecule has 0 bridgehead atoms. The maximum atomic E-state index is 12.2. The molecular weight excluding hydrogens is 252 g/mol. The van der Waals surface area contributed by atoms with Gasteiger partial charge in [0.05, 0.1) is 5.60 Å². The lowest BCUT2D eigenvalue weighted by Gasteiger charge is -2.29. The molecule has 0 radical (unpaired) electrons. The Morgan fingerprint density at radius 1 is 1.35 bits per heavy atom. The molecule has 2 rings (SSSR count). The summed E-state index contributed by atoms with van der Waals surface area (Å²) in [5.41, 5.74) is 6.34. The van der Waals surface area contributed by atoms with E-state index in [2.05, 4.69) is 0 Å². The molecule has 1 amide bonds. The molecule has 1 saturated carbocycles. The van der Waals surface area contributed by atoms with Crippen molar-refractivity contribution in [3.63, 3.8) is 0 Å². The van der Waals surface area contributed by atoms with Crippen molar-refractivity contribution in [3.05, 3.63) is 35.9 Å². The zero-order chi connectivity index (χ0) is 14.6. The maximum absolute atomic E-state index is 12.2. The van der Waals surface area contributed by atoms with Crippen molar-refractivity contribution in [1.82, 2.24) is 4.90 Å². The predicted molar refractivity (Wildman–Crippen MR) is 79.0 cm³/mol. The van der Waals surface area contributed by atoms with E-state index in [1.54, 1.807) is 11.9 Å². The maximum Gasteiger partial charge on any atom is 0.224 e. The Balaban J connectivity index is 1.88. The van der Waals surface area contributed by atoms with E-state index in [0.29, 0.717) is 6.54 Å². The van der Waals surface area contributed by atoms with Gasteiger partial charge in [-0.2, -0.15) is 0 Å². The van der Waals surface area contributed by atoms with Crippen LogP contribution in [0.1, 0.15) is 43.7 Å². The Bertz CT molecular complexity index is 441. The molecule has 0 spiro atoms. The second kappa shape index (κ2) is 6.37. The Morgan fingerprint density at radius 2 is 1.95 bits per heavy atom. The van der Waals surface area contributed by atoms with Crippen molar-refractivity contribution in [1.29, 1.82) is 0 Å². The Kier molecular flexibility index (Phi) is 4.78. The van der Waals surface area contributed by atoms with Crippen molar-refractivity contribution in [2.24, 2.45) is 5.73 Å². The van der Waals surface area contributed by atoms with Gasteiger partial charge in [0.15, 0.2) is 0 Å². The van der Waals surface area contributed by atoms with Crippen LogP contribution < -0.4 is 5.73 Å². The Morgan fingerprint density at radius 3 is 2.55 bits per heavy atom. The summed E-state index contributed by atoms with van der Waals surface area (Å²) in [6, 6.07) is 9.35. The quantitative estimate of drug-likeness (QED) is 0.862. The molecule has 1 aromatic carbocycles. The molecule has 4 nitrogen and oxygen atoms in total. The van der Waals surface area contributed by atoms with Crippen molar-refractivity contribution in [3.8, 4) is 0 Å². The third-order valence-corrected chi connectivity index (χ3v) is 4.11. The third kappa shape index (κ3) is 3.81. The number of hydrogen-bond acceptors (Lipinski definition) is 3. The van der Waals surface area contributed by atoms with Gasteiger partial charge in [0.1, 0.15) is 0 Å². The molecule has 1 aromatic rings. The molecule has 20 heavy (non-hydrogen) atoms. The number of hydrogen-bond donors (Lipinski definition) is 2. The standard InChI is InChI=1S/C16H24N2O2/c1-18(12-16(20)9-5-6-10-16)15(19)11-14(17)13-7-3-2-4-8-13/h2-4,7-8,14,20H,5-6,9-12,17H2,1H3. The molecule has 1 aliphatic rings. The molecule has 0 heterocycles. The Hall–Kier alpha value is -1.39. The number of amides is 1. The number of nitrogens with two attached hydrogens (primary N) is 1. The molecular formula is C16H24N2O2. The summed E-state index contributed by atoms with van der Waals surface area (Å²) < 4.78 is 0. The molecule has 1 aliphatic carbocycles. The number of aliphatic hydroxyl groups is 1. The van der Waals surface area contributed by atoms with Crippen LogP contribution in [0.25, 0.3) is 0 Å². The first-order valence-corrected chi connectivity index (χ1v) is 7.27. The number of carbonyl (C=O) groups excluding carboxylic acids is 1. The highest BCUT2D eigenvalue weighted by molar-refractivity contribution is 5.76. The molecule has 0 aliphatic heterocycles. The van der Waals surface area contributed by atoms with Crippen LogP contribution in [0.2, 0.25) is 0 Å². The predicted octanol–water partition coefficient (Wildman–Crippen LogP) is 1.84. The van der Waals surface area contributed by atoms with Gasteiger partial charge in [-0.15, -0.1) is 0 Å². The minimum Gasteiger partial charge on any atom is -0.388 e. The van der Waals surface area contributed by atoms with Crippen LogP contribution >= 0.6 is 0 Å². The topological polar surface area (TPSA) is 66.6 Å². The van der Waals surface area contributed by atoms with Crippen LogP contribution in [-0.4, -0.2) is 35.1 Å². The lowest BCUT2D eigenvalue weighted by Crippen LogP contribution is -2.42. The number of carbonyl (C=O) groups is 1. The van der Waals surface area contributed by atoms with Gasteiger partial charge in [-0.1, -0.05) is 43.2 Å². The van der Waals surface area contributed by atoms with Crippen LogP contribution in [0.5, 0.6) is 0 Å². The highest BCUT2D eigenvalue weighted by atomic mass is 16.3. The van der Waals surface area contributed by atoms with Crippen LogP contribution in [-0.2, 0) is 4.79 Å². The van der Waals surface area contributed by atoms with Gasteiger partial charge in [-0.05, 0) is 18.4 Å². The molecule has 110 valence electrons. The lowest BCUT2D eigenvalue weighted by molar-refractivity contribution is -0.133. The Labute approximate surface area is 120 Å². The van der Waals surface area contributed by atoms with E-state index in [4.69, 9.17) is 5.73 Å². The first-order chi connectivity index (χ1) is 9.50. The van der Waals surface area contributed by atoms with Gasteiger partial charge in [-0.25, -0.2) is 0 Å². The average molecular weight is 276 g/mol. The summed E-state index contributed by atoms with van der Waals surface area (Å²) in [7, 11) is 1.75. The molecule has 1 unspecified atom stereocenters. The van der Waals surface area contributed by atoms with Crippen LogP contribution in [0.3, 0.4) is 0 Å². The fourth-order valence-corrected chi connectivity index (χ4v) is 2.88. The zero-order valence-corrected chi connectivity index (χ0v) is 12.1. The van der Waals surface area contributed by atoms with Crippen molar-refractivity contribution in [2.45, 2.75) is 43.7 Å². The van der Waals surface area contributed by atoms with E-state index in [-0.39, 0.29) is 18.4 Å². The van der Waals surface area contributed by atoms with Gasteiger partial charge in [-0.3, -0.25) is 4.79 Å². The minimum atomic E-state index is -0.693. The summed E-state index contributed by atoms with van der Waals surface area (Å²) in [5, 5.41) is 10.3. The van der Waals surface area contributed by atoms with Gasteiger partial charge in [0.2, 0.25) is 5.91 Å². The molecule has 1 fully saturated rings. The average Bonchev–Trinajstić information content (AvgIpc) is 2.86. The first-order valence-electron chi connectivity index (χ1n) is 7.27. The van der Waals surface area contributed by atoms with Crippen LogP contribution in [0.15, 0.2) is 30.3 Å². The van der Waals surface area contributed by atoms with E-state index in [9.17, 15) is 9.90 Å². The van der Waals surface area contributed by atoms with E-state index in [0.717, 1.165) is 31.2 Å². The van der Waals surface area contributed by atoms with E-state index >= 15 is 0 Å². The van der Waals surface area contributed by atoms with Crippen LogP contribution in [0, 0.1) is 0 Å². The summed E-state index contributed by atoms with van der Waals surface area (Å²) in [6.07, 6.45) is 3.94. The largest absolute Gasteiger partial charge is 0.388 e. The molecule has 4 heteroatoms. The molecule has 1 atom stereocenters. The summed E-state index contributed by atoms with van der Waals surface area (Å²) >= 11 is 0. The fourth-order valence-electron chi connectivity index (χ4n) is 2.88. The second-order valence-electron chi connectivity index (χ2n) is 5.90. The molecule has 3 N–H and O–H groups in total. The lowest BCUT2D eigenvalue weighted by atomic mass is 10.0. The first kappa shape index (κ1) is 15.0. The van der Waals surface area contributed by atoms with E-state index in [1.165, 1.54) is 0 Å². The molecule has 0 aromatic heterocycles.